The van der Waals surface area contributed by atoms with Crippen LogP contribution < -0.4 is 9.64 Å². The van der Waals surface area contributed by atoms with Crippen LogP contribution in [0.1, 0.15) is 0 Å². The minimum atomic E-state index is 0.720. The number of anilines is 3. The van der Waals surface area contributed by atoms with E-state index in [-0.39, 0.29) is 0 Å². The number of hydrogen-bond acceptors (Lipinski definition) is 7. The Kier molecular flexibility index (Phi) is 12.4. The van der Waals surface area contributed by atoms with E-state index in [1.54, 1.807) is 0 Å². The summed E-state index contributed by atoms with van der Waals surface area (Å²) < 4.78 is 18.9. The molecular formula is C97H57N11O. The Morgan fingerprint density at radius 2 is 0.725 bits per heavy atom. The summed E-state index contributed by atoms with van der Waals surface area (Å²) in [6.07, 6.45) is 0. The van der Waals surface area contributed by atoms with E-state index in [1.165, 1.54) is 11.1 Å². The first-order chi connectivity index (χ1) is 54.1. The maximum atomic E-state index is 7.39. The van der Waals surface area contributed by atoms with Crippen LogP contribution in [0.4, 0.5) is 17.1 Å². The van der Waals surface area contributed by atoms with Crippen molar-refractivity contribution in [3.63, 3.8) is 0 Å². The molecule has 12 heteroatoms. The summed E-state index contributed by atoms with van der Waals surface area (Å²) in [7, 11) is 0. The van der Waals surface area contributed by atoms with E-state index in [0.29, 0.717) is 0 Å². The Labute approximate surface area is 621 Å². The van der Waals surface area contributed by atoms with Gasteiger partial charge in [0.2, 0.25) is 11.9 Å². The van der Waals surface area contributed by atoms with Crippen LogP contribution in [0.3, 0.4) is 0 Å². The summed E-state index contributed by atoms with van der Waals surface area (Å²) in [4.78, 5) is 30.1. The van der Waals surface area contributed by atoms with E-state index in [1.807, 2.05) is 0 Å². The molecule has 1 aliphatic rings. The Morgan fingerprint density at radius 3 is 1.43 bits per heavy atom. The number of aromatic nitrogens is 10. The second-order valence-corrected chi connectivity index (χ2v) is 28.3. The predicted octanol–water partition coefficient (Wildman–Crippen LogP) is 24.5. The van der Waals surface area contributed by atoms with Gasteiger partial charge in [0.25, 0.3) is 0 Å². The molecule has 506 valence electrons. The van der Waals surface area contributed by atoms with Gasteiger partial charge in [-0.25, -0.2) is 24.9 Å². The molecule has 16 aromatic carbocycles. The first kappa shape index (κ1) is 59.4. The van der Waals surface area contributed by atoms with E-state index in [4.69, 9.17) is 29.7 Å². The van der Waals surface area contributed by atoms with Crippen LogP contribution in [0.25, 0.3) is 194 Å². The standard InChI is InChI=1S/C97H57N11O/c1-2-24-58(25-3-1)59-52-54-62(55-53-59)103-82-42-17-12-36-76(82)98-93(103)61-50-48-60(49-51-61)72-56-73-65-28-9-15-40-80(65)105(90(73)68-30-6-4-26-63(68)72)97-102-79-39-22-33-67(89(79)95-100-78-38-14-19-44-84(78)108(95)97)70-34-23-46-86-92(70)109-88-47-21-20-45-85(88)104(86)87-57-74-66-29-10-16-41-81(66)106(91(74)69-31-7-5-27-64(69)87)96-101-75-35-11-8-32-71(75)94-99-77-37-13-18-43-83(77)107(94)96/h1-57H. The van der Waals surface area contributed by atoms with Gasteiger partial charge in [-0.2, -0.15) is 0 Å². The minimum Gasteiger partial charge on any atom is -0.452 e. The van der Waals surface area contributed by atoms with Crippen molar-refractivity contribution in [2.24, 2.45) is 0 Å². The van der Waals surface area contributed by atoms with Gasteiger partial charge in [-0.05, 0) is 142 Å². The number of nitrogens with zero attached hydrogens (tertiary/aromatic N) is 11. The Hall–Kier alpha value is -15.0. The lowest BCUT2D eigenvalue weighted by Gasteiger charge is -2.35. The van der Waals surface area contributed by atoms with Crippen LogP contribution in [0.2, 0.25) is 0 Å². The maximum absolute atomic E-state index is 7.39. The van der Waals surface area contributed by atoms with Gasteiger partial charge in [-0.15, -0.1) is 0 Å². The maximum Gasteiger partial charge on any atom is 0.221 e. The molecule has 0 atom stereocenters. The Bertz CT molecular complexity index is 7840. The summed E-state index contributed by atoms with van der Waals surface area (Å²) in [5, 5.41) is 10.7. The molecule has 0 saturated carbocycles. The highest BCUT2D eigenvalue weighted by Crippen LogP contribution is 2.57. The van der Waals surface area contributed by atoms with Crippen molar-refractivity contribution in [1.29, 1.82) is 0 Å². The summed E-state index contributed by atoms with van der Waals surface area (Å²) in [5.74, 6) is 3.83. The average molecular weight is 1390 g/mol. The molecule has 7 aromatic heterocycles. The molecular weight excluding hydrogens is 1340 g/mol. The van der Waals surface area contributed by atoms with Crippen LogP contribution in [-0.2, 0) is 0 Å². The number of hydrogen-bond donors (Lipinski definition) is 0. The minimum absolute atomic E-state index is 0.720. The SMILES string of the molecule is c1ccc(-c2ccc(-n3c(-c4ccc(-c5cc6c7ccccc7n(-c7nc8cccc(-c9cccc%10c9Oc9ccccc9N%10c9cc%10c%11ccccc%11n(-c%11nc%12ccccc%12c%12nc%13ccccc%13n%11%12)c%10c%10ccccc9%10)c8c8nc9ccccc9n78)c6c6ccccc56)cc4)nc4ccccc43)cc2)cc1. The fourth-order valence-corrected chi connectivity index (χ4v) is 17.7. The van der Waals surface area contributed by atoms with E-state index < -0.39 is 0 Å². The molecule has 1 aliphatic heterocycles. The Balaban J connectivity index is 0.677. The van der Waals surface area contributed by atoms with Gasteiger partial charge in [0.05, 0.1) is 88.6 Å². The number of rotatable bonds is 8. The molecule has 12 nitrogen and oxygen atoms in total. The number of imidazole rings is 3. The van der Waals surface area contributed by atoms with Crippen molar-refractivity contribution in [3.05, 3.63) is 346 Å². The van der Waals surface area contributed by atoms with Gasteiger partial charge in [-0.1, -0.05) is 237 Å². The average Bonchev–Trinajstić information content (AvgIpc) is 1.58. The summed E-state index contributed by atoms with van der Waals surface area (Å²) in [6, 6.07) is 123. The predicted molar refractivity (Wildman–Crippen MR) is 444 cm³/mol. The fraction of sp³-hybridized carbons (Fsp3) is 0. The zero-order chi connectivity index (χ0) is 71.1. The van der Waals surface area contributed by atoms with Crippen LogP contribution in [0.15, 0.2) is 346 Å². The van der Waals surface area contributed by atoms with Crippen molar-refractivity contribution < 1.29 is 4.74 Å². The van der Waals surface area contributed by atoms with Crippen molar-refractivity contribution in [2.75, 3.05) is 4.90 Å². The van der Waals surface area contributed by atoms with Crippen molar-refractivity contribution >= 4 is 148 Å². The van der Waals surface area contributed by atoms with E-state index in [2.05, 4.69) is 373 Å². The van der Waals surface area contributed by atoms with Gasteiger partial charge >= 0.3 is 0 Å². The fourth-order valence-electron chi connectivity index (χ4n) is 17.7. The third-order valence-corrected chi connectivity index (χ3v) is 22.4. The number of ether oxygens (including phenoxy) is 1. The second kappa shape index (κ2) is 22.7. The smallest absolute Gasteiger partial charge is 0.221 e. The van der Waals surface area contributed by atoms with Gasteiger partial charge in [-0.3, -0.25) is 22.5 Å². The summed E-state index contributed by atoms with van der Waals surface area (Å²) in [5.41, 5.74) is 24.5. The highest BCUT2D eigenvalue weighted by Gasteiger charge is 2.33. The number of benzene rings is 16. The van der Waals surface area contributed by atoms with E-state index in [9.17, 15) is 0 Å². The normalized spacial score (nSPS) is 12.5. The lowest BCUT2D eigenvalue weighted by molar-refractivity contribution is 0.479. The van der Waals surface area contributed by atoms with Crippen LogP contribution in [0, 0.1) is 0 Å². The van der Waals surface area contributed by atoms with Crippen LogP contribution in [0.5, 0.6) is 11.5 Å². The van der Waals surface area contributed by atoms with Crippen molar-refractivity contribution in [2.45, 2.75) is 0 Å². The Morgan fingerprint density at radius 1 is 0.248 bits per heavy atom. The zero-order valence-electron chi connectivity index (χ0n) is 58.2. The highest BCUT2D eigenvalue weighted by molar-refractivity contribution is 6.25. The molecule has 0 spiro atoms. The molecule has 0 bridgehead atoms. The topological polar surface area (TPSA) is 101 Å². The number of para-hydroxylation sites is 12. The molecule has 0 fully saturated rings. The molecule has 0 aliphatic carbocycles. The first-order valence-electron chi connectivity index (χ1n) is 36.8. The van der Waals surface area contributed by atoms with E-state index >= 15 is 0 Å². The van der Waals surface area contributed by atoms with Crippen LogP contribution in [-0.4, -0.2) is 47.4 Å². The zero-order valence-corrected chi connectivity index (χ0v) is 58.2. The summed E-state index contributed by atoms with van der Waals surface area (Å²) in [6.45, 7) is 0. The molecule has 0 unspecified atom stereocenters. The van der Waals surface area contributed by atoms with Crippen molar-refractivity contribution in [3.8, 4) is 73.9 Å². The van der Waals surface area contributed by atoms with Gasteiger partial charge in [0.1, 0.15) is 11.5 Å². The molecule has 24 rings (SSSR count). The lowest BCUT2D eigenvalue weighted by Crippen LogP contribution is -2.17. The van der Waals surface area contributed by atoms with Gasteiger partial charge in [0.15, 0.2) is 17.1 Å². The van der Waals surface area contributed by atoms with Crippen LogP contribution >= 0.6 is 0 Å². The lowest BCUT2D eigenvalue weighted by atomic mass is 9.94. The monoisotopic (exact) mass is 1390 g/mol. The second-order valence-electron chi connectivity index (χ2n) is 28.3. The van der Waals surface area contributed by atoms with Gasteiger partial charge in [0, 0.05) is 59.9 Å². The van der Waals surface area contributed by atoms with E-state index in [0.717, 1.165) is 211 Å². The molecule has 0 N–H and O–H groups in total. The quantitative estimate of drug-likeness (QED) is 0.149. The van der Waals surface area contributed by atoms with Crippen molar-refractivity contribution in [1.82, 2.24) is 47.4 Å². The molecule has 23 aromatic rings. The first-order valence-corrected chi connectivity index (χ1v) is 36.8. The summed E-state index contributed by atoms with van der Waals surface area (Å²) >= 11 is 0. The molecule has 0 radical (unpaired) electrons. The van der Waals surface area contributed by atoms with Gasteiger partial charge < -0.3 is 9.64 Å². The number of fused-ring (bicyclic) bond motifs is 23. The molecule has 0 amide bonds. The molecule has 0 saturated heterocycles. The third-order valence-electron chi connectivity index (χ3n) is 22.4. The third kappa shape index (κ3) is 8.55. The molecule has 109 heavy (non-hydrogen) atoms. The molecule has 8 heterocycles. The highest BCUT2D eigenvalue weighted by atomic mass is 16.5. The largest absolute Gasteiger partial charge is 0.452 e.